The third-order valence-electron chi connectivity index (χ3n) is 6.26. The van der Waals surface area contributed by atoms with Gasteiger partial charge in [0.1, 0.15) is 11.6 Å². The molecule has 38 heavy (non-hydrogen) atoms. The van der Waals surface area contributed by atoms with Crippen molar-refractivity contribution in [1.29, 1.82) is 5.26 Å². The number of rotatable bonds is 7. The third kappa shape index (κ3) is 5.23. The molecule has 0 fully saturated rings. The molecule has 0 aromatic heterocycles. The Bertz CT molecular complexity index is 1640. The van der Waals surface area contributed by atoms with E-state index in [1.165, 1.54) is 6.08 Å². The lowest BCUT2D eigenvalue weighted by atomic mass is 9.99. The van der Waals surface area contributed by atoms with Crippen molar-refractivity contribution in [2.75, 3.05) is 4.90 Å². The lowest BCUT2D eigenvalue weighted by Crippen LogP contribution is -2.11. The van der Waals surface area contributed by atoms with Crippen molar-refractivity contribution in [3.8, 4) is 6.07 Å². The predicted octanol–water partition coefficient (Wildman–Crippen LogP) is 8.47. The highest BCUT2D eigenvalue weighted by molar-refractivity contribution is 6.00. The standard InChI is InChI=1S/C34H24N2O2/c35-24-28(34(37)38)23-26-17-15-25(16-18-26)19-21-32-31-14-8-7-9-27(31)20-22-33(32)36(29-10-3-1-4-11-29)30-12-5-2-6-13-30/h1-23H,(H,37,38)/b21-19+,28-23-. The average Bonchev–Trinajstić information content (AvgIpc) is 2.97. The molecule has 1 N–H and O–H groups in total. The van der Waals surface area contributed by atoms with Gasteiger partial charge >= 0.3 is 5.97 Å². The summed E-state index contributed by atoms with van der Waals surface area (Å²) < 4.78 is 0. The maximum absolute atomic E-state index is 11.2. The lowest BCUT2D eigenvalue weighted by molar-refractivity contribution is -0.132. The van der Waals surface area contributed by atoms with Crippen molar-refractivity contribution in [3.05, 3.63) is 144 Å². The van der Waals surface area contributed by atoms with E-state index >= 15 is 0 Å². The van der Waals surface area contributed by atoms with Gasteiger partial charge in [0.05, 0.1) is 5.69 Å². The number of benzene rings is 5. The van der Waals surface area contributed by atoms with Gasteiger partial charge < -0.3 is 10.0 Å². The number of para-hydroxylation sites is 2. The quantitative estimate of drug-likeness (QED) is 0.141. The Labute approximate surface area is 221 Å². The fourth-order valence-corrected chi connectivity index (χ4v) is 4.43. The lowest BCUT2D eigenvalue weighted by Gasteiger charge is -2.27. The zero-order chi connectivity index (χ0) is 26.3. The molecule has 5 rings (SSSR count). The minimum absolute atomic E-state index is 0.296. The Hall–Kier alpha value is -5.40. The van der Waals surface area contributed by atoms with Crippen LogP contribution in [0.2, 0.25) is 0 Å². The van der Waals surface area contributed by atoms with Crippen molar-refractivity contribution >= 4 is 52.0 Å². The number of nitriles is 1. The molecule has 182 valence electrons. The van der Waals surface area contributed by atoms with Crippen LogP contribution in [0, 0.1) is 11.3 Å². The highest BCUT2D eigenvalue weighted by atomic mass is 16.4. The number of hydrogen-bond donors (Lipinski definition) is 1. The molecule has 5 aromatic rings. The molecule has 0 aliphatic carbocycles. The van der Waals surface area contributed by atoms with Gasteiger partial charge in [0, 0.05) is 16.9 Å². The van der Waals surface area contributed by atoms with Gasteiger partial charge in [-0.2, -0.15) is 5.26 Å². The first-order valence-electron chi connectivity index (χ1n) is 12.2. The van der Waals surface area contributed by atoms with Crippen LogP contribution in [-0.2, 0) is 4.79 Å². The Kier molecular flexibility index (Phi) is 7.11. The largest absolute Gasteiger partial charge is 0.477 e. The van der Waals surface area contributed by atoms with Gasteiger partial charge in [-0.25, -0.2) is 4.79 Å². The summed E-state index contributed by atoms with van der Waals surface area (Å²) in [7, 11) is 0. The van der Waals surface area contributed by atoms with E-state index in [2.05, 4.69) is 71.6 Å². The van der Waals surface area contributed by atoms with Crippen LogP contribution in [0.3, 0.4) is 0 Å². The highest BCUT2D eigenvalue weighted by Crippen LogP contribution is 2.40. The molecule has 0 heterocycles. The van der Waals surface area contributed by atoms with Crippen LogP contribution in [0.5, 0.6) is 0 Å². The first-order chi connectivity index (χ1) is 18.6. The van der Waals surface area contributed by atoms with Crippen molar-refractivity contribution in [2.24, 2.45) is 0 Å². The molecule has 0 aliphatic rings. The van der Waals surface area contributed by atoms with E-state index in [1.54, 1.807) is 6.07 Å². The van der Waals surface area contributed by atoms with Gasteiger partial charge in [-0.3, -0.25) is 0 Å². The topological polar surface area (TPSA) is 64.3 Å². The number of carboxylic acid groups (broad SMARTS) is 1. The second kappa shape index (κ2) is 11.1. The van der Waals surface area contributed by atoms with Crippen LogP contribution in [0.25, 0.3) is 29.0 Å². The number of carboxylic acids is 1. The van der Waals surface area contributed by atoms with Gasteiger partial charge in [-0.15, -0.1) is 0 Å². The van der Waals surface area contributed by atoms with Crippen LogP contribution < -0.4 is 4.90 Å². The molecule has 0 saturated heterocycles. The SMILES string of the molecule is N#C/C(=C/c1ccc(/C=C/c2c(N(c3ccccc3)c3ccccc3)ccc3ccccc23)cc1)C(=O)O. The highest BCUT2D eigenvalue weighted by Gasteiger charge is 2.16. The monoisotopic (exact) mass is 492 g/mol. The Morgan fingerprint density at radius 1 is 0.684 bits per heavy atom. The second-order valence-corrected chi connectivity index (χ2v) is 8.70. The molecule has 4 heteroatoms. The van der Waals surface area contributed by atoms with Gasteiger partial charge in [-0.05, 0) is 58.3 Å². The van der Waals surface area contributed by atoms with Crippen LogP contribution >= 0.6 is 0 Å². The van der Waals surface area contributed by atoms with Gasteiger partial charge in [0.15, 0.2) is 0 Å². The van der Waals surface area contributed by atoms with E-state index in [0.29, 0.717) is 5.56 Å². The van der Waals surface area contributed by atoms with E-state index < -0.39 is 5.97 Å². The summed E-state index contributed by atoms with van der Waals surface area (Å²) in [6.07, 6.45) is 5.55. The Morgan fingerprint density at radius 2 is 1.26 bits per heavy atom. The molecule has 5 aromatic carbocycles. The van der Waals surface area contributed by atoms with Crippen molar-refractivity contribution in [2.45, 2.75) is 0 Å². The number of carbonyl (C=O) groups is 1. The molecule has 0 bridgehead atoms. The van der Waals surface area contributed by atoms with E-state index in [-0.39, 0.29) is 5.57 Å². The summed E-state index contributed by atoms with van der Waals surface area (Å²) in [6, 6.07) is 42.4. The molecule has 0 atom stereocenters. The molecule has 4 nitrogen and oxygen atoms in total. The summed E-state index contributed by atoms with van der Waals surface area (Å²) >= 11 is 0. The fourth-order valence-electron chi connectivity index (χ4n) is 4.43. The number of hydrogen-bond acceptors (Lipinski definition) is 3. The fraction of sp³-hybridized carbons (Fsp3) is 0. The summed E-state index contributed by atoms with van der Waals surface area (Å²) in [4.78, 5) is 13.4. The van der Waals surface area contributed by atoms with Gasteiger partial charge in [-0.1, -0.05) is 103 Å². The first-order valence-corrected chi connectivity index (χ1v) is 12.2. The predicted molar refractivity (Wildman–Crippen MR) is 155 cm³/mol. The van der Waals surface area contributed by atoms with Crippen LogP contribution in [0.1, 0.15) is 16.7 Å². The first kappa shape index (κ1) is 24.3. The molecular weight excluding hydrogens is 468 g/mol. The summed E-state index contributed by atoms with van der Waals surface area (Å²) in [5, 5.41) is 20.4. The number of nitrogens with zero attached hydrogens (tertiary/aromatic N) is 2. The van der Waals surface area contributed by atoms with Gasteiger partial charge in [0.25, 0.3) is 0 Å². The van der Waals surface area contributed by atoms with Crippen LogP contribution in [0.4, 0.5) is 17.1 Å². The van der Waals surface area contributed by atoms with E-state index in [0.717, 1.165) is 39.0 Å². The van der Waals surface area contributed by atoms with Crippen LogP contribution in [-0.4, -0.2) is 11.1 Å². The minimum Gasteiger partial charge on any atom is -0.477 e. The summed E-state index contributed by atoms with van der Waals surface area (Å²) in [5.41, 5.74) is 5.58. The molecular formula is C34H24N2O2. The van der Waals surface area contributed by atoms with Gasteiger partial charge in [0.2, 0.25) is 0 Å². The van der Waals surface area contributed by atoms with E-state index in [1.807, 2.05) is 66.7 Å². The zero-order valence-electron chi connectivity index (χ0n) is 20.5. The van der Waals surface area contributed by atoms with Crippen molar-refractivity contribution in [1.82, 2.24) is 0 Å². The maximum Gasteiger partial charge on any atom is 0.346 e. The second-order valence-electron chi connectivity index (χ2n) is 8.70. The molecule has 0 amide bonds. The summed E-state index contributed by atoms with van der Waals surface area (Å²) in [6.45, 7) is 0. The molecule has 0 saturated carbocycles. The summed E-state index contributed by atoms with van der Waals surface area (Å²) in [5.74, 6) is -1.23. The number of aliphatic carboxylic acids is 1. The molecule has 0 unspecified atom stereocenters. The minimum atomic E-state index is -1.23. The smallest absolute Gasteiger partial charge is 0.346 e. The number of fused-ring (bicyclic) bond motifs is 1. The average molecular weight is 493 g/mol. The normalized spacial score (nSPS) is 11.4. The zero-order valence-corrected chi connectivity index (χ0v) is 20.5. The van der Waals surface area contributed by atoms with E-state index in [9.17, 15) is 4.79 Å². The van der Waals surface area contributed by atoms with Crippen molar-refractivity contribution in [3.63, 3.8) is 0 Å². The van der Waals surface area contributed by atoms with Crippen LogP contribution in [0.15, 0.2) is 127 Å². The van der Waals surface area contributed by atoms with E-state index in [4.69, 9.17) is 10.4 Å². The Morgan fingerprint density at radius 3 is 1.87 bits per heavy atom. The molecule has 0 radical (unpaired) electrons. The maximum atomic E-state index is 11.2. The Balaban J connectivity index is 1.61. The van der Waals surface area contributed by atoms with Crippen molar-refractivity contribution < 1.29 is 9.90 Å². The molecule has 0 aliphatic heterocycles. The molecule has 0 spiro atoms. The number of anilines is 3. The third-order valence-corrected chi connectivity index (χ3v) is 6.26.